The van der Waals surface area contributed by atoms with Gasteiger partial charge in [-0.2, -0.15) is 0 Å². The van der Waals surface area contributed by atoms with E-state index in [-0.39, 0.29) is 0 Å². The summed E-state index contributed by atoms with van der Waals surface area (Å²) in [4.78, 5) is 25.5. The van der Waals surface area contributed by atoms with Crippen LogP contribution in [-0.2, 0) is 9.59 Å². The Labute approximate surface area is 124 Å². The van der Waals surface area contributed by atoms with Crippen LogP contribution < -0.4 is 10.2 Å². The molecule has 108 valence electrons. The van der Waals surface area contributed by atoms with Gasteiger partial charge in [0.1, 0.15) is 0 Å². The molecule has 4 nitrogen and oxygen atoms in total. The molecule has 2 aromatic rings. The minimum atomic E-state index is -0.645. The molecule has 0 aliphatic rings. The zero-order chi connectivity index (χ0) is 15.4. The second-order valence-electron chi connectivity index (χ2n) is 4.97. The molecule has 1 N–H and O–H groups in total. The summed E-state index contributed by atoms with van der Waals surface area (Å²) in [7, 11) is 1.58. The Morgan fingerprint density at radius 1 is 1.00 bits per heavy atom. The summed E-state index contributed by atoms with van der Waals surface area (Å²) in [5, 5.41) is 2.66. The standard InChI is InChI=1S/C17H18N2O2/c1-12-9-10-15(13(2)11-12)18-16(20)17(21)19(3)14-7-5-4-6-8-14/h4-11H,1-3H3,(H,18,20). The van der Waals surface area contributed by atoms with Crippen LogP contribution in [0.25, 0.3) is 0 Å². The van der Waals surface area contributed by atoms with E-state index in [9.17, 15) is 9.59 Å². The van der Waals surface area contributed by atoms with Crippen LogP contribution in [0.3, 0.4) is 0 Å². The van der Waals surface area contributed by atoms with Gasteiger partial charge in [-0.05, 0) is 37.6 Å². The van der Waals surface area contributed by atoms with Crippen molar-refractivity contribution in [1.29, 1.82) is 0 Å². The average Bonchev–Trinajstić information content (AvgIpc) is 2.49. The Kier molecular flexibility index (Phi) is 4.38. The van der Waals surface area contributed by atoms with Gasteiger partial charge in [0.05, 0.1) is 0 Å². The summed E-state index contributed by atoms with van der Waals surface area (Å²) in [6.07, 6.45) is 0. The summed E-state index contributed by atoms with van der Waals surface area (Å²) in [6, 6.07) is 14.7. The third kappa shape index (κ3) is 3.48. The monoisotopic (exact) mass is 282 g/mol. The molecule has 2 rings (SSSR count). The number of amides is 2. The number of nitrogens with zero attached hydrogens (tertiary/aromatic N) is 1. The first-order valence-electron chi connectivity index (χ1n) is 6.70. The Morgan fingerprint density at radius 2 is 1.67 bits per heavy atom. The highest BCUT2D eigenvalue weighted by molar-refractivity contribution is 6.44. The van der Waals surface area contributed by atoms with Crippen molar-refractivity contribution in [2.45, 2.75) is 13.8 Å². The molecule has 0 saturated carbocycles. The van der Waals surface area contributed by atoms with Crippen molar-refractivity contribution in [2.75, 3.05) is 17.3 Å². The van der Waals surface area contributed by atoms with E-state index in [0.29, 0.717) is 11.4 Å². The van der Waals surface area contributed by atoms with Crippen LogP contribution in [0.15, 0.2) is 48.5 Å². The van der Waals surface area contributed by atoms with Gasteiger partial charge in [0.15, 0.2) is 0 Å². The maximum absolute atomic E-state index is 12.1. The molecule has 0 radical (unpaired) electrons. The second-order valence-corrected chi connectivity index (χ2v) is 4.97. The topological polar surface area (TPSA) is 49.4 Å². The molecule has 0 heterocycles. The molecule has 2 amide bonds. The summed E-state index contributed by atoms with van der Waals surface area (Å²) < 4.78 is 0. The normalized spacial score (nSPS) is 10.0. The third-order valence-electron chi connectivity index (χ3n) is 3.27. The second kappa shape index (κ2) is 6.22. The molecular weight excluding hydrogens is 264 g/mol. The molecule has 0 saturated heterocycles. The molecule has 0 atom stereocenters. The number of benzene rings is 2. The molecular formula is C17H18N2O2. The molecule has 2 aromatic carbocycles. The van der Waals surface area contributed by atoms with Crippen LogP contribution in [0.2, 0.25) is 0 Å². The highest BCUT2D eigenvalue weighted by atomic mass is 16.2. The zero-order valence-corrected chi connectivity index (χ0v) is 12.4. The number of para-hydroxylation sites is 1. The molecule has 4 heteroatoms. The maximum Gasteiger partial charge on any atom is 0.316 e. The van der Waals surface area contributed by atoms with Gasteiger partial charge in [-0.3, -0.25) is 9.59 Å². The Morgan fingerprint density at radius 3 is 2.29 bits per heavy atom. The number of anilines is 2. The van der Waals surface area contributed by atoms with Gasteiger partial charge in [0, 0.05) is 18.4 Å². The first-order chi connectivity index (χ1) is 9.99. The van der Waals surface area contributed by atoms with Crippen molar-refractivity contribution in [3.05, 3.63) is 59.7 Å². The van der Waals surface area contributed by atoms with E-state index in [1.165, 1.54) is 4.90 Å². The van der Waals surface area contributed by atoms with Crippen molar-refractivity contribution in [3.8, 4) is 0 Å². The summed E-state index contributed by atoms with van der Waals surface area (Å²) in [6.45, 7) is 3.88. The van der Waals surface area contributed by atoms with Gasteiger partial charge in [-0.25, -0.2) is 0 Å². The first-order valence-corrected chi connectivity index (χ1v) is 6.70. The molecule has 0 aliphatic carbocycles. The predicted molar refractivity (Wildman–Crippen MR) is 84.4 cm³/mol. The minimum absolute atomic E-state index is 0.596. The van der Waals surface area contributed by atoms with Gasteiger partial charge in [0.25, 0.3) is 0 Å². The summed E-state index contributed by atoms with van der Waals surface area (Å²) in [5.41, 5.74) is 3.37. The fraction of sp³-hybridized carbons (Fsp3) is 0.176. The Hall–Kier alpha value is -2.62. The van der Waals surface area contributed by atoms with Crippen LogP contribution in [-0.4, -0.2) is 18.9 Å². The summed E-state index contributed by atoms with van der Waals surface area (Å²) in [5.74, 6) is -1.24. The lowest BCUT2D eigenvalue weighted by Crippen LogP contribution is -2.37. The van der Waals surface area contributed by atoms with E-state index in [1.54, 1.807) is 25.2 Å². The number of likely N-dealkylation sites (N-methyl/N-ethyl adjacent to an activating group) is 1. The van der Waals surface area contributed by atoms with Crippen LogP contribution in [0.1, 0.15) is 11.1 Å². The highest BCUT2D eigenvalue weighted by Gasteiger charge is 2.20. The first kappa shape index (κ1) is 14.8. The summed E-state index contributed by atoms with van der Waals surface area (Å²) >= 11 is 0. The lowest BCUT2D eigenvalue weighted by molar-refractivity contribution is -0.134. The fourth-order valence-corrected chi connectivity index (χ4v) is 2.05. The maximum atomic E-state index is 12.1. The SMILES string of the molecule is Cc1ccc(NC(=O)C(=O)N(C)c2ccccc2)c(C)c1. The van der Waals surface area contributed by atoms with Gasteiger partial charge < -0.3 is 10.2 Å². The number of carbonyl (C=O) groups is 2. The molecule has 0 spiro atoms. The Bertz CT molecular complexity index is 666. The van der Waals surface area contributed by atoms with Crippen LogP contribution >= 0.6 is 0 Å². The molecule has 0 aromatic heterocycles. The van der Waals surface area contributed by atoms with Crippen molar-refractivity contribution >= 4 is 23.2 Å². The van der Waals surface area contributed by atoms with Crippen LogP contribution in [0.5, 0.6) is 0 Å². The van der Waals surface area contributed by atoms with Crippen molar-refractivity contribution in [3.63, 3.8) is 0 Å². The number of hydrogen-bond acceptors (Lipinski definition) is 2. The number of aryl methyl sites for hydroxylation is 2. The van der Waals surface area contributed by atoms with Gasteiger partial charge >= 0.3 is 11.8 Å². The zero-order valence-electron chi connectivity index (χ0n) is 12.4. The molecule has 0 bridgehead atoms. The number of hydrogen-bond donors (Lipinski definition) is 1. The fourth-order valence-electron chi connectivity index (χ4n) is 2.05. The molecule has 0 fully saturated rings. The minimum Gasteiger partial charge on any atom is -0.318 e. The third-order valence-corrected chi connectivity index (χ3v) is 3.27. The number of rotatable bonds is 2. The van der Waals surface area contributed by atoms with E-state index in [1.807, 2.05) is 44.2 Å². The lowest BCUT2D eigenvalue weighted by Gasteiger charge is -2.17. The molecule has 0 aliphatic heterocycles. The Balaban J connectivity index is 2.11. The van der Waals surface area contributed by atoms with Crippen molar-refractivity contribution < 1.29 is 9.59 Å². The number of nitrogens with one attached hydrogen (secondary N) is 1. The van der Waals surface area contributed by atoms with E-state index in [0.717, 1.165) is 11.1 Å². The van der Waals surface area contributed by atoms with E-state index in [4.69, 9.17) is 0 Å². The van der Waals surface area contributed by atoms with Gasteiger partial charge in [-0.1, -0.05) is 35.9 Å². The largest absolute Gasteiger partial charge is 0.318 e. The highest BCUT2D eigenvalue weighted by Crippen LogP contribution is 2.17. The van der Waals surface area contributed by atoms with Crippen molar-refractivity contribution in [2.24, 2.45) is 0 Å². The van der Waals surface area contributed by atoms with Crippen molar-refractivity contribution in [1.82, 2.24) is 0 Å². The van der Waals surface area contributed by atoms with Gasteiger partial charge in [-0.15, -0.1) is 0 Å². The van der Waals surface area contributed by atoms with E-state index >= 15 is 0 Å². The number of carbonyl (C=O) groups excluding carboxylic acids is 2. The lowest BCUT2D eigenvalue weighted by atomic mass is 10.1. The van der Waals surface area contributed by atoms with Crippen LogP contribution in [0, 0.1) is 13.8 Å². The molecule has 21 heavy (non-hydrogen) atoms. The van der Waals surface area contributed by atoms with Crippen LogP contribution in [0.4, 0.5) is 11.4 Å². The molecule has 0 unspecified atom stereocenters. The quantitative estimate of drug-likeness (QED) is 0.861. The van der Waals surface area contributed by atoms with E-state index in [2.05, 4.69) is 5.32 Å². The predicted octanol–water partition coefficient (Wildman–Crippen LogP) is 2.90. The van der Waals surface area contributed by atoms with E-state index < -0.39 is 11.8 Å². The smallest absolute Gasteiger partial charge is 0.316 e. The average molecular weight is 282 g/mol. The van der Waals surface area contributed by atoms with Gasteiger partial charge in [0.2, 0.25) is 0 Å².